The van der Waals surface area contributed by atoms with Gasteiger partial charge in [-0.05, 0) is 24.5 Å². The number of hydrogen-bond acceptors (Lipinski definition) is 8. The van der Waals surface area contributed by atoms with Gasteiger partial charge in [-0.15, -0.1) is 0 Å². The van der Waals surface area contributed by atoms with Crippen molar-refractivity contribution >= 4 is 29.7 Å². The van der Waals surface area contributed by atoms with Gasteiger partial charge in [0.15, 0.2) is 0 Å². The van der Waals surface area contributed by atoms with Crippen molar-refractivity contribution in [1.29, 1.82) is 0 Å². The molecule has 154 valence electrons. The van der Waals surface area contributed by atoms with Gasteiger partial charge in [-0.2, -0.15) is 0 Å². The highest BCUT2D eigenvalue weighted by Crippen LogP contribution is 2.36. The predicted molar refractivity (Wildman–Crippen MR) is 102 cm³/mol. The summed E-state index contributed by atoms with van der Waals surface area (Å²) in [6.45, 7) is 5.80. The number of benzene rings is 1. The molecule has 0 radical (unpaired) electrons. The van der Waals surface area contributed by atoms with Crippen molar-refractivity contribution in [3.8, 4) is 0 Å². The summed E-state index contributed by atoms with van der Waals surface area (Å²) in [6, 6.07) is 9.57. The quantitative estimate of drug-likeness (QED) is 0.522. The molecule has 0 spiro atoms. The number of esters is 3. The Labute approximate surface area is 169 Å². The third-order valence-corrected chi connectivity index (χ3v) is 5.40. The molecular formula is C20H26O7S. The van der Waals surface area contributed by atoms with E-state index in [-0.39, 0.29) is 12.5 Å². The first-order chi connectivity index (χ1) is 13.3. The maximum atomic E-state index is 11.6. The van der Waals surface area contributed by atoms with Crippen LogP contribution < -0.4 is 0 Å². The molecule has 0 amide bonds. The smallest absolute Gasteiger partial charge is 0.303 e. The molecule has 0 bridgehead atoms. The molecule has 1 fully saturated rings. The minimum Gasteiger partial charge on any atom is -0.463 e. The monoisotopic (exact) mass is 410 g/mol. The second kappa shape index (κ2) is 10.5. The van der Waals surface area contributed by atoms with E-state index in [1.807, 2.05) is 37.3 Å². The second-order valence-corrected chi connectivity index (χ2v) is 7.88. The van der Waals surface area contributed by atoms with Gasteiger partial charge in [0.2, 0.25) is 0 Å². The van der Waals surface area contributed by atoms with E-state index in [2.05, 4.69) is 0 Å². The fourth-order valence-electron chi connectivity index (χ4n) is 3.09. The van der Waals surface area contributed by atoms with Gasteiger partial charge >= 0.3 is 17.9 Å². The average molecular weight is 410 g/mol. The lowest BCUT2D eigenvalue weighted by atomic mass is 9.95. The van der Waals surface area contributed by atoms with Crippen LogP contribution in [0.1, 0.15) is 34.1 Å². The molecule has 1 heterocycles. The first-order valence-electron chi connectivity index (χ1n) is 9.11. The van der Waals surface area contributed by atoms with Gasteiger partial charge < -0.3 is 18.9 Å². The molecule has 1 aliphatic heterocycles. The molecule has 0 N–H and O–H groups in total. The van der Waals surface area contributed by atoms with Crippen LogP contribution in [0.3, 0.4) is 0 Å². The first-order valence-corrected chi connectivity index (χ1v) is 9.99. The molecule has 1 aliphatic rings. The van der Waals surface area contributed by atoms with E-state index in [0.29, 0.717) is 6.42 Å². The number of carbonyl (C=O) groups is 3. The van der Waals surface area contributed by atoms with Crippen molar-refractivity contribution in [2.24, 2.45) is 5.92 Å². The summed E-state index contributed by atoms with van der Waals surface area (Å²) in [4.78, 5) is 35.5. The van der Waals surface area contributed by atoms with Gasteiger partial charge in [0.05, 0.1) is 0 Å². The van der Waals surface area contributed by atoms with E-state index in [9.17, 15) is 14.4 Å². The normalized spacial score (nSPS) is 27.4. The van der Waals surface area contributed by atoms with Crippen LogP contribution in [-0.4, -0.2) is 48.3 Å². The summed E-state index contributed by atoms with van der Waals surface area (Å²) < 4.78 is 22.3. The lowest BCUT2D eigenvalue weighted by Crippen LogP contribution is -2.41. The molecule has 2 rings (SSSR count). The maximum absolute atomic E-state index is 11.6. The van der Waals surface area contributed by atoms with E-state index < -0.39 is 41.7 Å². The van der Waals surface area contributed by atoms with Crippen LogP contribution in [0, 0.1) is 5.92 Å². The third kappa shape index (κ3) is 6.83. The van der Waals surface area contributed by atoms with Gasteiger partial charge in [-0.1, -0.05) is 36.9 Å². The molecule has 8 heteroatoms. The Balaban J connectivity index is 2.30. The van der Waals surface area contributed by atoms with Gasteiger partial charge in [0.1, 0.15) is 30.4 Å². The highest BCUT2D eigenvalue weighted by molar-refractivity contribution is 7.99. The molecule has 3 unspecified atom stereocenters. The summed E-state index contributed by atoms with van der Waals surface area (Å²) in [7, 11) is 0. The summed E-state index contributed by atoms with van der Waals surface area (Å²) in [6.07, 6.45) is -1.41. The largest absolute Gasteiger partial charge is 0.463 e. The Kier molecular flexibility index (Phi) is 8.32. The van der Waals surface area contributed by atoms with E-state index in [0.717, 1.165) is 4.90 Å². The van der Waals surface area contributed by atoms with Crippen molar-refractivity contribution in [2.75, 3.05) is 6.61 Å². The van der Waals surface area contributed by atoms with E-state index in [4.69, 9.17) is 18.9 Å². The summed E-state index contributed by atoms with van der Waals surface area (Å²) in [5, 5.41) is 0. The van der Waals surface area contributed by atoms with Crippen molar-refractivity contribution in [2.45, 2.75) is 62.8 Å². The molecule has 5 atom stereocenters. The van der Waals surface area contributed by atoms with Crippen molar-refractivity contribution in [3.05, 3.63) is 30.3 Å². The highest BCUT2D eigenvalue weighted by Gasteiger charge is 2.42. The van der Waals surface area contributed by atoms with Gasteiger partial charge in [-0.3, -0.25) is 14.4 Å². The highest BCUT2D eigenvalue weighted by atomic mass is 32.2. The van der Waals surface area contributed by atoms with Crippen LogP contribution in [0.15, 0.2) is 35.2 Å². The van der Waals surface area contributed by atoms with E-state index >= 15 is 0 Å². The molecule has 7 nitrogen and oxygen atoms in total. The topological polar surface area (TPSA) is 88.1 Å². The van der Waals surface area contributed by atoms with Crippen molar-refractivity contribution < 1.29 is 33.3 Å². The van der Waals surface area contributed by atoms with Crippen LogP contribution >= 0.6 is 11.8 Å². The van der Waals surface area contributed by atoms with Crippen LogP contribution in [0.5, 0.6) is 0 Å². The van der Waals surface area contributed by atoms with Crippen molar-refractivity contribution in [1.82, 2.24) is 0 Å². The maximum Gasteiger partial charge on any atom is 0.303 e. The Morgan fingerprint density at radius 3 is 2.25 bits per heavy atom. The Hall–Kier alpha value is -2.06. The van der Waals surface area contributed by atoms with Crippen LogP contribution in [0.2, 0.25) is 0 Å². The first kappa shape index (κ1) is 22.2. The third-order valence-electron chi connectivity index (χ3n) is 4.21. The number of thioether (sulfide) groups is 1. The lowest BCUT2D eigenvalue weighted by molar-refractivity contribution is -0.167. The molecule has 0 aliphatic carbocycles. The Morgan fingerprint density at radius 1 is 1.04 bits per heavy atom. The van der Waals surface area contributed by atoms with Crippen LogP contribution in [0.4, 0.5) is 0 Å². The zero-order valence-electron chi connectivity index (χ0n) is 16.5. The molecule has 1 saturated heterocycles. The molecule has 0 aromatic heterocycles. The molecular weight excluding hydrogens is 384 g/mol. The molecule has 1 aromatic carbocycles. The van der Waals surface area contributed by atoms with E-state index in [1.54, 1.807) is 0 Å². The molecule has 28 heavy (non-hydrogen) atoms. The number of rotatable bonds is 6. The van der Waals surface area contributed by atoms with Crippen LogP contribution in [-0.2, 0) is 33.3 Å². The summed E-state index contributed by atoms with van der Waals surface area (Å²) >= 11 is 1.41. The van der Waals surface area contributed by atoms with Crippen molar-refractivity contribution in [3.63, 3.8) is 0 Å². The standard InChI is InChI=1S/C20H26O7S/c1-12-10-17(25-14(3)22)20(28-16-8-6-5-7-9-16)27-18(11-24-13(2)21)19(12)26-15(4)23/h5-9,12,17-20H,10-11H2,1-4H3/t12?,17?,18?,19-,20-/m1/s1. The number of hydrogen-bond donors (Lipinski definition) is 0. The van der Waals surface area contributed by atoms with Gasteiger partial charge in [0.25, 0.3) is 0 Å². The minimum atomic E-state index is -0.676. The Morgan fingerprint density at radius 2 is 1.68 bits per heavy atom. The fourth-order valence-corrected chi connectivity index (χ4v) is 4.19. The van der Waals surface area contributed by atoms with Gasteiger partial charge in [-0.25, -0.2) is 0 Å². The second-order valence-electron chi connectivity index (χ2n) is 6.71. The van der Waals surface area contributed by atoms with Crippen LogP contribution in [0.25, 0.3) is 0 Å². The average Bonchev–Trinajstić information content (AvgIpc) is 2.72. The zero-order valence-corrected chi connectivity index (χ0v) is 17.3. The zero-order chi connectivity index (χ0) is 20.7. The summed E-state index contributed by atoms with van der Waals surface area (Å²) in [5.74, 6) is -1.49. The molecule has 1 aromatic rings. The number of ether oxygens (including phenoxy) is 4. The summed E-state index contributed by atoms with van der Waals surface area (Å²) in [5.41, 5.74) is -0.546. The lowest BCUT2D eigenvalue weighted by Gasteiger charge is -2.29. The molecule has 0 saturated carbocycles. The predicted octanol–water partition coefficient (Wildman–Crippen LogP) is 2.96. The SMILES string of the molecule is CC(=O)OCC1O[C@H](Sc2ccccc2)C(OC(C)=O)CC(C)[C@H]1OC(C)=O. The minimum absolute atomic E-state index is 0.0593. The number of carbonyl (C=O) groups excluding carboxylic acids is 3. The Bertz CT molecular complexity index is 678. The fraction of sp³-hybridized carbons (Fsp3) is 0.550. The van der Waals surface area contributed by atoms with E-state index in [1.165, 1.54) is 32.5 Å². The van der Waals surface area contributed by atoms with Gasteiger partial charge in [0, 0.05) is 25.7 Å².